The number of nitrogens with zero attached hydrogens (tertiary/aromatic N) is 1. The van der Waals surface area contributed by atoms with Gasteiger partial charge in [0.15, 0.2) is 5.69 Å². The van der Waals surface area contributed by atoms with Crippen molar-refractivity contribution < 1.29 is 9.69 Å². The predicted molar refractivity (Wildman–Crippen MR) is 88.3 cm³/mol. The number of amides is 1. The molecule has 2 heterocycles. The van der Waals surface area contributed by atoms with Crippen LogP contribution in [0.15, 0.2) is 41.8 Å². The molecule has 0 unspecified atom stereocenters. The van der Waals surface area contributed by atoms with Crippen molar-refractivity contribution in [2.45, 2.75) is 6.04 Å². The maximum Gasteiger partial charge on any atom is 0.272 e. The zero-order chi connectivity index (χ0) is 15.5. The highest BCUT2D eigenvalue weighted by molar-refractivity contribution is 7.10. The summed E-state index contributed by atoms with van der Waals surface area (Å²) in [5.41, 5.74) is 1.33. The second-order valence-electron chi connectivity index (χ2n) is 5.47. The van der Waals surface area contributed by atoms with Gasteiger partial charge in [-0.1, -0.05) is 24.3 Å². The third-order valence-corrected chi connectivity index (χ3v) is 4.72. The van der Waals surface area contributed by atoms with Crippen LogP contribution in [0.5, 0.6) is 0 Å². The van der Waals surface area contributed by atoms with Crippen molar-refractivity contribution in [1.29, 1.82) is 0 Å². The van der Waals surface area contributed by atoms with Crippen molar-refractivity contribution in [2.24, 2.45) is 0 Å². The lowest BCUT2D eigenvalue weighted by Gasteiger charge is -2.20. The van der Waals surface area contributed by atoms with Gasteiger partial charge in [-0.15, -0.1) is 11.3 Å². The van der Waals surface area contributed by atoms with Gasteiger partial charge in [0, 0.05) is 5.39 Å². The molecule has 0 bridgehead atoms. The van der Waals surface area contributed by atoms with Crippen LogP contribution >= 0.6 is 11.3 Å². The number of aromatic amines is 1. The summed E-state index contributed by atoms with van der Waals surface area (Å²) in [6, 6.07) is 12.0. The van der Waals surface area contributed by atoms with E-state index in [4.69, 9.17) is 0 Å². The number of quaternary nitrogens is 1. The molecule has 22 heavy (non-hydrogen) atoms. The number of nitrogens with one attached hydrogen (secondary N) is 3. The highest BCUT2D eigenvalue weighted by Gasteiger charge is 2.21. The number of hydrogen-bond donors (Lipinski definition) is 3. The van der Waals surface area contributed by atoms with Crippen LogP contribution in [-0.2, 0) is 0 Å². The first-order chi connectivity index (χ1) is 10.7. The minimum Gasteiger partial charge on any atom is -0.344 e. The van der Waals surface area contributed by atoms with Crippen LogP contribution in [0, 0.1) is 0 Å². The summed E-state index contributed by atoms with van der Waals surface area (Å²) in [6.45, 7) is 0.586. The van der Waals surface area contributed by atoms with Crippen molar-refractivity contribution in [2.75, 3.05) is 20.6 Å². The molecule has 114 valence electrons. The molecule has 2 aromatic heterocycles. The fourth-order valence-corrected chi connectivity index (χ4v) is 3.45. The second-order valence-corrected chi connectivity index (χ2v) is 6.45. The van der Waals surface area contributed by atoms with Gasteiger partial charge in [-0.2, -0.15) is 5.10 Å². The number of hydrogen-bond acceptors (Lipinski definition) is 3. The SMILES string of the molecule is C[NH+](C)[C@H](CNC(=O)c1n[nH]c2ccccc12)c1cccs1. The standard InChI is InChI=1S/C16H18N4OS/c1-20(2)13(14-8-5-9-22-14)10-17-16(21)15-11-6-3-4-7-12(11)18-19-15/h3-9,13H,10H2,1-2H3,(H,17,21)(H,18,19)/p+1/t13-/m1/s1. The molecule has 3 N–H and O–H groups in total. The van der Waals surface area contributed by atoms with Gasteiger partial charge in [-0.3, -0.25) is 9.89 Å². The van der Waals surface area contributed by atoms with Crippen molar-refractivity contribution in [3.63, 3.8) is 0 Å². The average Bonchev–Trinajstić information content (AvgIpc) is 3.16. The molecule has 1 amide bonds. The van der Waals surface area contributed by atoms with Crippen LogP contribution in [0.1, 0.15) is 21.4 Å². The number of aromatic nitrogens is 2. The lowest BCUT2D eigenvalue weighted by molar-refractivity contribution is -0.890. The quantitative estimate of drug-likeness (QED) is 0.663. The van der Waals surface area contributed by atoms with E-state index in [1.807, 2.05) is 30.3 Å². The van der Waals surface area contributed by atoms with E-state index in [-0.39, 0.29) is 11.9 Å². The Kier molecular flexibility index (Phi) is 4.22. The van der Waals surface area contributed by atoms with Crippen molar-refractivity contribution >= 4 is 28.1 Å². The first kappa shape index (κ1) is 14.7. The molecule has 5 nitrogen and oxygen atoms in total. The molecule has 3 aromatic rings. The number of carbonyl (C=O) groups excluding carboxylic acids is 1. The Morgan fingerprint density at radius 2 is 2.14 bits per heavy atom. The Balaban J connectivity index is 1.74. The Hall–Kier alpha value is -2.18. The van der Waals surface area contributed by atoms with Gasteiger partial charge in [0.2, 0.25) is 0 Å². The molecule has 0 aliphatic heterocycles. The minimum atomic E-state index is -0.139. The largest absolute Gasteiger partial charge is 0.344 e. The summed E-state index contributed by atoms with van der Waals surface area (Å²) in [6.07, 6.45) is 0. The van der Waals surface area contributed by atoms with Crippen LogP contribution < -0.4 is 10.2 Å². The predicted octanol–water partition coefficient (Wildman–Crippen LogP) is 1.24. The molecule has 0 fully saturated rings. The van der Waals surface area contributed by atoms with Crippen molar-refractivity contribution in [1.82, 2.24) is 15.5 Å². The van der Waals surface area contributed by atoms with E-state index in [1.165, 1.54) is 9.78 Å². The summed E-state index contributed by atoms with van der Waals surface area (Å²) in [4.78, 5) is 15.0. The molecule has 0 spiro atoms. The number of H-pyrrole nitrogens is 1. The van der Waals surface area contributed by atoms with Crippen LogP contribution in [0.2, 0.25) is 0 Å². The van der Waals surface area contributed by atoms with E-state index >= 15 is 0 Å². The Bertz CT molecular complexity index is 763. The van der Waals surface area contributed by atoms with Crippen LogP contribution in [0.3, 0.4) is 0 Å². The average molecular weight is 315 g/mol. The highest BCUT2D eigenvalue weighted by atomic mass is 32.1. The first-order valence-corrected chi connectivity index (χ1v) is 8.09. The molecular formula is C16H19N4OS+. The summed E-state index contributed by atoms with van der Waals surface area (Å²) >= 11 is 1.72. The van der Waals surface area contributed by atoms with Gasteiger partial charge in [0.1, 0.15) is 6.04 Å². The Morgan fingerprint density at radius 1 is 1.32 bits per heavy atom. The van der Waals surface area contributed by atoms with Gasteiger partial charge < -0.3 is 10.2 Å². The molecule has 0 saturated heterocycles. The number of benzene rings is 1. The third-order valence-electron chi connectivity index (χ3n) is 3.74. The lowest BCUT2D eigenvalue weighted by atomic mass is 10.2. The minimum absolute atomic E-state index is 0.139. The van der Waals surface area contributed by atoms with E-state index in [9.17, 15) is 4.79 Å². The van der Waals surface area contributed by atoms with E-state index in [2.05, 4.69) is 41.1 Å². The number of thiophene rings is 1. The molecule has 0 aliphatic rings. The van der Waals surface area contributed by atoms with Gasteiger partial charge in [0.25, 0.3) is 5.91 Å². The molecule has 6 heteroatoms. The number of fused-ring (bicyclic) bond motifs is 1. The third kappa shape index (κ3) is 2.88. The first-order valence-electron chi connectivity index (χ1n) is 7.21. The smallest absolute Gasteiger partial charge is 0.272 e. The van der Waals surface area contributed by atoms with E-state index in [0.29, 0.717) is 12.2 Å². The zero-order valence-electron chi connectivity index (χ0n) is 12.6. The lowest BCUT2D eigenvalue weighted by Crippen LogP contribution is -3.06. The topological polar surface area (TPSA) is 62.2 Å². The van der Waals surface area contributed by atoms with Gasteiger partial charge in [-0.25, -0.2) is 0 Å². The zero-order valence-corrected chi connectivity index (χ0v) is 13.4. The number of carbonyl (C=O) groups is 1. The van der Waals surface area contributed by atoms with Crippen molar-refractivity contribution in [3.05, 3.63) is 52.3 Å². The van der Waals surface area contributed by atoms with E-state index < -0.39 is 0 Å². The second kappa shape index (κ2) is 6.29. The van der Waals surface area contributed by atoms with Crippen LogP contribution in [0.25, 0.3) is 10.9 Å². The van der Waals surface area contributed by atoms with Crippen LogP contribution in [-0.4, -0.2) is 36.7 Å². The maximum absolute atomic E-state index is 12.4. The van der Waals surface area contributed by atoms with Gasteiger partial charge in [0.05, 0.1) is 31.0 Å². The normalized spacial score (nSPS) is 12.7. The number of likely N-dealkylation sites (N-methyl/N-ethyl adjacent to an activating group) is 1. The summed E-state index contributed by atoms with van der Waals surface area (Å²) in [7, 11) is 4.20. The highest BCUT2D eigenvalue weighted by Crippen LogP contribution is 2.17. The fourth-order valence-electron chi connectivity index (χ4n) is 2.49. The van der Waals surface area contributed by atoms with Gasteiger partial charge >= 0.3 is 0 Å². The van der Waals surface area contributed by atoms with Crippen LogP contribution in [0.4, 0.5) is 0 Å². The molecule has 1 aromatic carbocycles. The fraction of sp³-hybridized carbons (Fsp3) is 0.250. The molecule has 0 aliphatic carbocycles. The monoisotopic (exact) mass is 315 g/mol. The summed E-state index contributed by atoms with van der Waals surface area (Å²) in [5.74, 6) is -0.139. The Labute approximate surface area is 133 Å². The summed E-state index contributed by atoms with van der Waals surface area (Å²) < 4.78 is 0. The molecule has 3 rings (SSSR count). The van der Waals surface area contributed by atoms with Crippen molar-refractivity contribution in [3.8, 4) is 0 Å². The summed E-state index contributed by atoms with van der Waals surface area (Å²) in [5, 5.41) is 13.0. The molecule has 0 radical (unpaired) electrons. The van der Waals surface area contributed by atoms with E-state index in [0.717, 1.165) is 10.9 Å². The Morgan fingerprint density at radius 3 is 2.86 bits per heavy atom. The number of para-hydroxylation sites is 1. The molecule has 0 saturated carbocycles. The molecule has 1 atom stereocenters. The number of rotatable bonds is 5. The van der Waals surface area contributed by atoms with Gasteiger partial charge in [-0.05, 0) is 17.5 Å². The van der Waals surface area contributed by atoms with E-state index in [1.54, 1.807) is 11.3 Å². The maximum atomic E-state index is 12.4. The molecular weight excluding hydrogens is 296 g/mol.